The van der Waals surface area contributed by atoms with Gasteiger partial charge in [-0.2, -0.15) is 4.37 Å². The molecule has 1 aromatic heterocycles. The molecule has 0 aliphatic carbocycles. The van der Waals surface area contributed by atoms with E-state index in [0.29, 0.717) is 5.92 Å². The molecule has 31 heavy (non-hydrogen) atoms. The van der Waals surface area contributed by atoms with Gasteiger partial charge >= 0.3 is 0 Å². The van der Waals surface area contributed by atoms with Crippen LogP contribution in [0.2, 0.25) is 0 Å². The highest BCUT2D eigenvalue weighted by Crippen LogP contribution is 2.38. The molecule has 1 unspecified atom stereocenters. The Hall–Kier alpha value is -2.44. The summed E-state index contributed by atoms with van der Waals surface area (Å²) in [6, 6.07) is 15.1. The predicted octanol–water partition coefficient (Wildman–Crippen LogP) is 4.52. The number of rotatable bonds is 4. The summed E-state index contributed by atoms with van der Waals surface area (Å²) in [4.78, 5) is 19.2. The van der Waals surface area contributed by atoms with Gasteiger partial charge in [-0.25, -0.2) is 0 Å². The Balaban J connectivity index is 1.25. The van der Waals surface area contributed by atoms with E-state index in [-0.39, 0.29) is 5.91 Å². The van der Waals surface area contributed by atoms with Crippen molar-refractivity contribution in [2.45, 2.75) is 32.6 Å². The van der Waals surface area contributed by atoms with E-state index in [9.17, 15) is 4.79 Å². The van der Waals surface area contributed by atoms with E-state index >= 15 is 0 Å². The third-order valence-corrected chi connectivity index (χ3v) is 7.66. The molecule has 1 fully saturated rings. The summed E-state index contributed by atoms with van der Waals surface area (Å²) < 4.78 is 5.99. The Labute approximate surface area is 188 Å². The number of amides is 1. The van der Waals surface area contributed by atoms with Crippen LogP contribution in [0.1, 0.15) is 37.3 Å². The molecule has 6 heteroatoms. The Morgan fingerprint density at radius 2 is 1.87 bits per heavy atom. The fourth-order valence-corrected chi connectivity index (χ4v) is 5.80. The van der Waals surface area contributed by atoms with Crippen molar-refractivity contribution in [2.75, 3.05) is 49.1 Å². The highest BCUT2D eigenvalue weighted by atomic mass is 32.1. The summed E-state index contributed by atoms with van der Waals surface area (Å²) >= 11 is 1.59. The predicted molar refractivity (Wildman–Crippen MR) is 129 cm³/mol. The van der Waals surface area contributed by atoms with Crippen LogP contribution >= 0.6 is 11.5 Å². The minimum absolute atomic E-state index is 0.157. The van der Waals surface area contributed by atoms with Crippen molar-refractivity contribution in [1.29, 1.82) is 0 Å². The first kappa shape index (κ1) is 20.5. The molecule has 2 aliphatic rings. The topological polar surface area (TPSA) is 39.7 Å². The molecule has 3 heterocycles. The number of aromatic nitrogens is 1. The summed E-state index contributed by atoms with van der Waals surface area (Å²) in [6.07, 6.45) is 2.03. The van der Waals surface area contributed by atoms with E-state index < -0.39 is 0 Å². The Kier molecular flexibility index (Phi) is 5.67. The van der Waals surface area contributed by atoms with E-state index in [2.05, 4.69) is 59.2 Å². The molecular weight excluding hydrogens is 404 g/mol. The van der Waals surface area contributed by atoms with E-state index in [1.165, 1.54) is 26.9 Å². The van der Waals surface area contributed by atoms with Crippen LogP contribution in [0.25, 0.3) is 10.1 Å². The van der Waals surface area contributed by atoms with Gasteiger partial charge in [-0.15, -0.1) is 0 Å². The number of para-hydroxylation sites is 1. The maximum atomic E-state index is 12.3. The molecule has 5 rings (SSSR count). The molecule has 2 aliphatic heterocycles. The van der Waals surface area contributed by atoms with Crippen LogP contribution in [0.15, 0.2) is 42.5 Å². The first-order valence-corrected chi connectivity index (χ1v) is 12.1. The number of carbonyl (C=O) groups is 1. The van der Waals surface area contributed by atoms with Crippen molar-refractivity contribution in [3.05, 3.63) is 53.6 Å². The van der Waals surface area contributed by atoms with Crippen LogP contribution in [0.4, 0.5) is 11.5 Å². The lowest BCUT2D eigenvalue weighted by atomic mass is 9.88. The van der Waals surface area contributed by atoms with E-state index in [4.69, 9.17) is 4.37 Å². The second-order valence-corrected chi connectivity index (χ2v) is 9.60. The molecule has 2 aromatic carbocycles. The van der Waals surface area contributed by atoms with Crippen molar-refractivity contribution >= 4 is 39.0 Å². The largest absolute Gasteiger partial charge is 0.353 e. The Morgan fingerprint density at radius 1 is 1.06 bits per heavy atom. The molecule has 1 amide bonds. The van der Waals surface area contributed by atoms with E-state index in [1.807, 2.05) is 4.90 Å². The van der Waals surface area contributed by atoms with Gasteiger partial charge in [0.05, 0.1) is 10.4 Å². The van der Waals surface area contributed by atoms with Crippen LogP contribution in [-0.4, -0.2) is 54.4 Å². The molecule has 0 radical (unpaired) electrons. The number of piperazine rings is 1. The van der Waals surface area contributed by atoms with Gasteiger partial charge in [0.2, 0.25) is 5.91 Å². The minimum atomic E-state index is 0.157. The molecule has 0 saturated carbocycles. The average molecular weight is 435 g/mol. The molecule has 1 atom stereocenters. The van der Waals surface area contributed by atoms with Crippen LogP contribution in [0, 0.1) is 0 Å². The monoisotopic (exact) mass is 434 g/mol. The number of nitrogens with zero attached hydrogens (tertiary/aromatic N) is 4. The third-order valence-electron chi connectivity index (χ3n) is 6.85. The summed E-state index contributed by atoms with van der Waals surface area (Å²) in [7, 11) is 0. The second-order valence-electron chi connectivity index (χ2n) is 8.80. The van der Waals surface area contributed by atoms with E-state index in [1.54, 1.807) is 18.5 Å². The van der Waals surface area contributed by atoms with Crippen molar-refractivity contribution < 1.29 is 4.79 Å². The van der Waals surface area contributed by atoms with E-state index in [0.717, 1.165) is 57.9 Å². The maximum Gasteiger partial charge on any atom is 0.223 e. The molecule has 5 nitrogen and oxygen atoms in total. The van der Waals surface area contributed by atoms with Gasteiger partial charge in [-0.3, -0.25) is 9.69 Å². The van der Waals surface area contributed by atoms with Gasteiger partial charge < -0.3 is 9.80 Å². The smallest absolute Gasteiger partial charge is 0.223 e. The number of carbonyl (C=O) groups excluding carboxylic acids is 1. The second kappa shape index (κ2) is 8.60. The summed E-state index contributed by atoms with van der Waals surface area (Å²) in [6.45, 7) is 9.96. The minimum Gasteiger partial charge on any atom is -0.353 e. The SMILES string of the molecule is CC(=O)N1CCC(C)c2cccc(CCN3CCN(c4nsc5ccccc45)CC3)c21. The highest BCUT2D eigenvalue weighted by Gasteiger charge is 2.27. The zero-order valence-electron chi connectivity index (χ0n) is 18.4. The third kappa shape index (κ3) is 3.94. The van der Waals surface area contributed by atoms with Gasteiger partial charge in [-0.05, 0) is 53.6 Å². The molecule has 162 valence electrons. The van der Waals surface area contributed by atoms with Gasteiger partial charge in [0, 0.05) is 51.6 Å². The normalized spacial score (nSPS) is 19.6. The molecule has 0 N–H and O–H groups in total. The number of anilines is 2. The lowest BCUT2D eigenvalue weighted by Crippen LogP contribution is -2.47. The number of hydrogen-bond donors (Lipinski definition) is 0. The van der Waals surface area contributed by atoms with Crippen LogP contribution in [0.5, 0.6) is 0 Å². The summed E-state index contributed by atoms with van der Waals surface area (Å²) in [5, 5.41) is 1.27. The van der Waals surface area contributed by atoms with Gasteiger partial charge in [0.15, 0.2) is 0 Å². The average Bonchev–Trinajstić information content (AvgIpc) is 3.22. The standard InChI is InChI=1S/C25H30N4OS/c1-18-10-13-29(19(2)30)24-20(6-5-8-21(18)24)11-12-27-14-16-28(17-15-27)25-22-7-3-4-9-23(22)31-26-25/h3-9,18H,10-17H2,1-2H3. The lowest BCUT2D eigenvalue weighted by molar-refractivity contribution is -0.116. The maximum absolute atomic E-state index is 12.3. The van der Waals surface area contributed by atoms with Crippen LogP contribution in [-0.2, 0) is 11.2 Å². The summed E-state index contributed by atoms with van der Waals surface area (Å²) in [5.74, 6) is 1.81. The number of hydrogen-bond acceptors (Lipinski definition) is 5. The Bertz CT molecular complexity index is 1090. The first-order valence-electron chi connectivity index (χ1n) is 11.3. The highest BCUT2D eigenvalue weighted by molar-refractivity contribution is 7.13. The lowest BCUT2D eigenvalue weighted by Gasteiger charge is -2.36. The van der Waals surface area contributed by atoms with Crippen molar-refractivity contribution in [2.24, 2.45) is 0 Å². The molecule has 0 bridgehead atoms. The van der Waals surface area contributed by atoms with Crippen molar-refractivity contribution in [1.82, 2.24) is 9.27 Å². The fraction of sp³-hybridized carbons (Fsp3) is 0.440. The fourth-order valence-electron chi connectivity index (χ4n) is 5.01. The van der Waals surface area contributed by atoms with Crippen molar-refractivity contribution in [3.8, 4) is 0 Å². The van der Waals surface area contributed by atoms with Crippen LogP contribution < -0.4 is 9.80 Å². The van der Waals surface area contributed by atoms with Gasteiger partial charge in [0.1, 0.15) is 5.82 Å². The zero-order chi connectivity index (χ0) is 21.4. The van der Waals surface area contributed by atoms with Crippen molar-refractivity contribution in [3.63, 3.8) is 0 Å². The summed E-state index contributed by atoms with van der Waals surface area (Å²) in [5.41, 5.74) is 3.83. The van der Waals surface area contributed by atoms with Gasteiger partial charge in [0.25, 0.3) is 0 Å². The number of benzene rings is 2. The number of fused-ring (bicyclic) bond motifs is 2. The molecular formula is C25H30N4OS. The Morgan fingerprint density at radius 3 is 2.68 bits per heavy atom. The zero-order valence-corrected chi connectivity index (χ0v) is 19.2. The molecule has 0 spiro atoms. The molecule has 1 saturated heterocycles. The quantitative estimate of drug-likeness (QED) is 0.605. The molecule has 3 aromatic rings. The van der Waals surface area contributed by atoms with Gasteiger partial charge in [-0.1, -0.05) is 37.3 Å². The van der Waals surface area contributed by atoms with Crippen LogP contribution in [0.3, 0.4) is 0 Å². The first-order chi connectivity index (χ1) is 15.1.